The van der Waals surface area contributed by atoms with Crippen molar-refractivity contribution in [1.82, 2.24) is 10.2 Å². The third-order valence-electron chi connectivity index (χ3n) is 15.1. The number of rotatable bonds is 12. The van der Waals surface area contributed by atoms with Gasteiger partial charge in [-0.15, -0.1) is 0 Å². The first-order valence-corrected chi connectivity index (χ1v) is 22.5. The molecule has 1 saturated heterocycles. The van der Waals surface area contributed by atoms with E-state index in [9.17, 15) is 49.2 Å². The standard InChI is InChI=1S/C51H58N2O16/c1-27-32(66-44(60)37(56)36(29-18-12-9-13-19-29)52-42(58)30-20-14-10-15-21-30)25-51(64)41(68-43(59)31-22-16-11-17-23-31)39-49(7,33(55)24-34-50(39,26-65-34)69-28(2)54)40(57)38(35(27)47(51,3)4)67-46(63)53(8)48(5,6)45(61)62/h9-23,32-34,36-39,41,55-56,64H,24-26H2,1-8H3,(H,52,58)(H,61,62)/t32-,33-,34+,36-,37+,38+,39-,41-,49+,50-,51+/m0/s1. The van der Waals surface area contributed by atoms with Crippen molar-refractivity contribution >= 4 is 41.7 Å². The van der Waals surface area contributed by atoms with Crippen molar-refractivity contribution in [1.29, 1.82) is 0 Å². The second kappa shape index (κ2) is 18.5. The Bertz CT molecular complexity index is 2550. The van der Waals surface area contributed by atoms with Crippen LogP contribution in [0, 0.1) is 16.7 Å². The molecule has 4 aliphatic rings. The van der Waals surface area contributed by atoms with E-state index in [0.29, 0.717) is 5.56 Å². The maximum atomic E-state index is 16.0. The van der Waals surface area contributed by atoms with Gasteiger partial charge in [0, 0.05) is 37.8 Å². The number of nitrogens with zero attached hydrogens (tertiary/aromatic N) is 1. The zero-order valence-corrected chi connectivity index (χ0v) is 39.5. The maximum Gasteiger partial charge on any atom is 0.411 e. The van der Waals surface area contributed by atoms with Crippen molar-refractivity contribution in [3.05, 3.63) is 119 Å². The van der Waals surface area contributed by atoms with Crippen LogP contribution in [0.5, 0.6) is 0 Å². The van der Waals surface area contributed by atoms with E-state index in [-0.39, 0.29) is 28.7 Å². The Morgan fingerprint density at radius 3 is 1.97 bits per heavy atom. The number of carboxylic acids is 1. The Hall–Kier alpha value is -6.47. The minimum atomic E-state index is -2.53. The van der Waals surface area contributed by atoms with E-state index in [1.807, 2.05) is 0 Å². The van der Waals surface area contributed by atoms with Gasteiger partial charge in [0.05, 0.1) is 35.6 Å². The van der Waals surface area contributed by atoms with Crippen molar-refractivity contribution in [2.45, 2.75) is 121 Å². The summed E-state index contributed by atoms with van der Waals surface area (Å²) in [7, 11) is 1.14. The zero-order chi connectivity index (χ0) is 50.6. The number of carbonyl (C=O) groups excluding carboxylic acids is 6. The fourth-order valence-electron chi connectivity index (χ4n) is 10.6. The molecule has 1 heterocycles. The highest BCUT2D eigenvalue weighted by atomic mass is 16.6. The van der Waals surface area contributed by atoms with E-state index in [4.69, 9.17) is 23.7 Å². The summed E-state index contributed by atoms with van der Waals surface area (Å²) in [5, 5.41) is 50.9. The molecule has 0 unspecified atom stereocenters. The van der Waals surface area contributed by atoms with Gasteiger partial charge in [0.15, 0.2) is 23.6 Å². The molecule has 3 aliphatic carbocycles. The number of esters is 3. The minimum absolute atomic E-state index is 0.0162. The lowest BCUT2D eigenvalue weighted by Gasteiger charge is -2.67. The van der Waals surface area contributed by atoms with Crippen LogP contribution < -0.4 is 5.32 Å². The molecule has 3 fully saturated rings. The molecular weight excluding hydrogens is 897 g/mol. The summed E-state index contributed by atoms with van der Waals surface area (Å²) in [5.74, 6) is -7.90. The smallest absolute Gasteiger partial charge is 0.411 e. The predicted octanol–water partition coefficient (Wildman–Crippen LogP) is 4.10. The molecule has 5 N–H and O–H groups in total. The molecule has 69 heavy (non-hydrogen) atoms. The van der Waals surface area contributed by atoms with Gasteiger partial charge in [-0.1, -0.05) is 80.6 Å². The molecular formula is C51H58N2O16. The van der Waals surface area contributed by atoms with Gasteiger partial charge >= 0.3 is 30.0 Å². The van der Waals surface area contributed by atoms with Crippen LogP contribution in [-0.2, 0) is 42.9 Å². The number of aliphatic carboxylic acids is 1. The van der Waals surface area contributed by atoms with Crippen LogP contribution in [0.4, 0.5) is 4.79 Å². The van der Waals surface area contributed by atoms with Crippen LogP contribution in [0.3, 0.4) is 0 Å². The molecule has 0 spiro atoms. The number of amides is 2. The molecule has 18 nitrogen and oxygen atoms in total. The third-order valence-corrected chi connectivity index (χ3v) is 15.1. The van der Waals surface area contributed by atoms with E-state index in [1.54, 1.807) is 66.7 Å². The molecule has 0 aromatic heterocycles. The largest absolute Gasteiger partial charge is 0.480 e. The lowest BCUT2D eigenvalue weighted by atomic mass is 9.44. The van der Waals surface area contributed by atoms with Gasteiger partial charge in [-0.2, -0.15) is 0 Å². The highest BCUT2D eigenvalue weighted by Gasteiger charge is 2.78. The predicted molar refractivity (Wildman–Crippen MR) is 242 cm³/mol. The number of likely N-dealkylation sites (N-methyl/N-ethyl adjacent to an activating group) is 1. The van der Waals surface area contributed by atoms with Crippen LogP contribution in [0.25, 0.3) is 0 Å². The molecule has 3 aromatic rings. The second-order valence-electron chi connectivity index (χ2n) is 19.6. The molecule has 7 rings (SSSR count). The van der Waals surface area contributed by atoms with Gasteiger partial charge in [0.25, 0.3) is 5.91 Å². The molecule has 368 valence electrons. The first-order chi connectivity index (χ1) is 32.3. The summed E-state index contributed by atoms with van der Waals surface area (Å²) in [6, 6.07) is 22.5. The van der Waals surface area contributed by atoms with E-state index in [0.717, 1.165) is 18.9 Å². The Balaban J connectivity index is 1.43. The van der Waals surface area contributed by atoms with E-state index in [2.05, 4.69) is 5.32 Å². The van der Waals surface area contributed by atoms with Crippen LogP contribution in [0.1, 0.15) is 93.6 Å². The van der Waals surface area contributed by atoms with Crippen LogP contribution in [0.15, 0.2) is 102 Å². The topological polar surface area (TPSA) is 262 Å². The highest BCUT2D eigenvalue weighted by Crippen LogP contribution is 2.64. The Kier molecular flexibility index (Phi) is 13.5. The monoisotopic (exact) mass is 954 g/mol. The van der Waals surface area contributed by atoms with Gasteiger partial charge in [0.1, 0.15) is 29.5 Å². The first-order valence-electron chi connectivity index (χ1n) is 22.5. The number of carboxylic acid groups (broad SMARTS) is 1. The van der Waals surface area contributed by atoms with Crippen molar-refractivity contribution in [2.75, 3.05) is 13.7 Å². The Morgan fingerprint density at radius 2 is 1.43 bits per heavy atom. The van der Waals surface area contributed by atoms with Gasteiger partial charge in [0.2, 0.25) is 0 Å². The average Bonchev–Trinajstić information content (AvgIpc) is 3.31. The summed E-state index contributed by atoms with van der Waals surface area (Å²) >= 11 is 0. The lowest BCUT2D eigenvalue weighted by molar-refractivity contribution is -0.346. The number of ketones is 1. The highest BCUT2D eigenvalue weighted by molar-refractivity contribution is 5.97. The van der Waals surface area contributed by atoms with Crippen LogP contribution >= 0.6 is 0 Å². The fourth-order valence-corrected chi connectivity index (χ4v) is 10.6. The summed E-state index contributed by atoms with van der Waals surface area (Å²) in [6.45, 7) is 8.92. The molecule has 18 heteroatoms. The van der Waals surface area contributed by atoms with Crippen molar-refractivity contribution in [3.63, 3.8) is 0 Å². The lowest BCUT2D eigenvalue weighted by Crippen LogP contribution is -2.82. The number of aliphatic hydroxyl groups is 3. The molecule has 2 amide bonds. The maximum absolute atomic E-state index is 16.0. The quantitative estimate of drug-likeness (QED) is 0.0972. The number of carbonyl (C=O) groups is 7. The number of hydrogen-bond acceptors (Lipinski definition) is 15. The number of nitrogens with one attached hydrogen (secondary N) is 1. The van der Waals surface area contributed by atoms with Gasteiger partial charge in [-0.25, -0.2) is 19.2 Å². The third kappa shape index (κ3) is 8.46. The number of ether oxygens (including phenoxy) is 5. The molecule has 0 radical (unpaired) electrons. The molecule has 3 aromatic carbocycles. The van der Waals surface area contributed by atoms with Crippen molar-refractivity contribution in [2.24, 2.45) is 16.7 Å². The zero-order valence-electron chi connectivity index (χ0n) is 39.5. The van der Waals surface area contributed by atoms with Crippen molar-refractivity contribution in [3.8, 4) is 0 Å². The van der Waals surface area contributed by atoms with E-state index in [1.165, 1.54) is 65.8 Å². The summed E-state index contributed by atoms with van der Waals surface area (Å²) < 4.78 is 30.7. The number of fused-ring (bicyclic) bond motifs is 5. The average molecular weight is 955 g/mol. The second-order valence-corrected chi connectivity index (χ2v) is 19.6. The molecule has 2 bridgehead atoms. The van der Waals surface area contributed by atoms with Crippen LogP contribution in [-0.4, -0.2) is 134 Å². The van der Waals surface area contributed by atoms with Crippen molar-refractivity contribution < 1.29 is 77.7 Å². The summed E-state index contributed by atoms with van der Waals surface area (Å²) in [6.07, 6.45) is -12.8. The Morgan fingerprint density at radius 1 is 0.870 bits per heavy atom. The molecule has 11 atom stereocenters. The van der Waals surface area contributed by atoms with Gasteiger partial charge in [-0.05, 0) is 68.7 Å². The SMILES string of the molecule is CC(=O)O[C@@]12CO[C@@H]1C[C@H](O)[C@@]1(C)C(=O)[C@H](OC(=O)N(C)C(C)(C)C(=O)O)C3=C(C)[C@@H](OC(=O)[C@H](O)[C@@H](NC(=O)c4ccccc4)c4ccccc4)C[C@@](O)([C@@H](OC(=O)c4ccccc4)[C@H]21)C3(C)C. The number of benzene rings is 3. The minimum Gasteiger partial charge on any atom is -0.480 e. The first kappa shape index (κ1) is 50.4. The molecule has 2 saturated carbocycles. The normalized spacial score (nSPS) is 30.0. The van der Waals surface area contributed by atoms with Gasteiger partial charge < -0.3 is 49.4 Å². The molecule has 1 aliphatic heterocycles. The van der Waals surface area contributed by atoms with E-state index < -0.39 is 131 Å². The van der Waals surface area contributed by atoms with Crippen LogP contribution in [0.2, 0.25) is 0 Å². The number of hydrogen-bond donors (Lipinski definition) is 5. The number of aliphatic hydroxyl groups excluding tert-OH is 2. The van der Waals surface area contributed by atoms with Gasteiger partial charge in [-0.3, -0.25) is 19.3 Å². The fraction of sp³-hybridized carbons (Fsp3) is 0.471. The van der Waals surface area contributed by atoms with E-state index >= 15 is 4.79 Å². The number of Topliss-reactive ketones (excluding diaryl/α,β-unsaturated/α-hetero) is 1. The summed E-state index contributed by atoms with van der Waals surface area (Å²) in [4.78, 5) is 99.0. The summed E-state index contributed by atoms with van der Waals surface area (Å²) in [5.41, 5.74) is -9.95. The Labute approximate surface area is 398 Å².